The van der Waals surface area contributed by atoms with Crippen LogP contribution < -0.4 is 15.5 Å². The third-order valence-corrected chi connectivity index (χ3v) is 7.29. The first-order valence-corrected chi connectivity index (χ1v) is 13.5. The number of halogens is 1. The van der Waals surface area contributed by atoms with Gasteiger partial charge in [0, 0.05) is 54.8 Å². The monoisotopic (exact) mass is 563 g/mol. The summed E-state index contributed by atoms with van der Waals surface area (Å²) in [5.74, 6) is 0.196. The lowest BCUT2D eigenvalue weighted by Crippen LogP contribution is -2.17. The highest BCUT2D eigenvalue weighted by Gasteiger charge is 2.16. The molecule has 3 aromatic heterocycles. The zero-order chi connectivity index (χ0) is 29.8. The maximum Gasteiger partial charge on any atom is 0.230 e. The zero-order valence-electron chi connectivity index (χ0n) is 23.8. The molecule has 42 heavy (non-hydrogen) atoms. The normalized spacial score (nSPS) is 10.8. The predicted octanol–water partition coefficient (Wildman–Crippen LogP) is 7.69. The Labute approximate surface area is 242 Å². The van der Waals surface area contributed by atoms with Gasteiger partial charge in [-0.2, -0.15) is 0 Å². The summed E-state index contributed by atoms with van der Waals surface area (Å²) in [4.78, 5) is 27.4. The van der Waals surface area contributed by atoms with Crippen molar-refractivity contribution < 1.29 is 18.3 Å². The lowest BCUT2D eigenvalue weighted by atomic mass is 10.0. The van der Waals surface area contributed by atoms with Crippen LogP contribution in [0.3, 0.4) is 0 Å². The van der Waals surface area contributed by atoms with Gasteiger partial charge in [0.25, 0.3) is 0 Å². The van der Waals surface area contributed by atoms with Crippen LogP contribution in [0, 0.1) is 12.7 Å². The van der Waals surface area contributed by atoms with Crippen LogP contribution in [-0.4, -0.2) is 22.9 Å². The fourth-order valence-electron chi connectivity index (χ4n) is 4.80. The highest BCUT2D eigenvalue weighted by atomic mass is 19.1. The summed E-state index contributed by atoms with van der Waals surface area (Å²) in [6.45, 7) is 3.83. The minimum absolute atomic E-state index is 0.145. The summed E-state index contributed by atoms with van der Waals surface area (Å²) >= 11 is 0. The van der Waals surface area contributed by atoms with E-state index in [0.717, 1.165) is 28.6 Å². The molecule has 0 aliphatic heterocycles. The van der Waals surface area contributed by atoms with Crippen LogP contribution in [0.15, 0.2) is 94.5 Å². The van der Waals surface area contributed by atoms with Gasteiger partial charge in [-0.05, 0) is 48.7 Å². The smallest absolute Gasteiger partial charge is 0.230 e. The Morgan fingerprint density at radius 3 is 2.52 bits per heavy atom. The number of pyridine rings is 2. The molecule has 0 saturated heterocycles. The van der Waals surface area contributed by atoms with Crippen LogP contribution in [0.5, 0.6) is 11.5 Å². The first kappa shape index (κ1) is 28.3. The molecule has 7 nitrogen and oxygen atoms in total. The number of aromatic nitrogens is 2. The number of aryl methyl sites for hydroxylation is 2. The van der Waals surface area contributed by atoms with E-state index in [0.29, 0.717) is 39.9 Å². The fourth-order valence-corrected chi connectivity index (χ4v) is 4.80. The molecule has 8 heteroatoms. The summed E-state index contributed by atoms with van der Waals surface area (Å²) < 4.78 is 27.6. The van der Waals surface area contributed by atoms with Gasteiger partial charge in [0.1, 0.15) is 12.0 Å². The number of furan rings is 1. The van der Waals surface area contributed by atoms with Gasteiger partial charge in [-0.3, -0.25) is 9.59 Å². The van der Waals surface area contributed by atoms with Crippen molar-refractivity contribution in [1.29, 1.82) is 0 Å². The maximum absolute atomic E-state index is 14.3. The molecule has 6 rings (SSSR count). The number of ether oxygens (including phenoxy) is 1. The van der Waals surface area contributed by atoms with E-state index in [2.05, 4.69) is 10.3 Å². The summed E-state index contributed by atoms with van der Waals surface area (Å²) in [6, 6.07) is 22.1. The number of hydrogen-bond acceptors (Lipinski definition) is 6. The third kappa shape index (κ3) is 5.39. The standard InChI is InChI=1S/C20H15FN2O2.C14H15NO2/c1-22-14-7-8-17(16(21)11-14)25-18-9-10-23-20-19(18)15(12-24-20)13-5-3-2-4-6-13;1-4-10-5-6-13-11(7-10)14(17)12(8-16)9(2)15(13)3/h2-12,22H,1H3;5-8H,4H2,1-3H3. The van der Waals surface area contributed by atoms with E-state index < -0.39 is 5.82 Å². The van der Waals surface area contributed by atoms with E-state index in [1.54, 1.807) is 44.6 Å². The largest absolute Gasteiger partial charge is 0.453 e. The van der Waals surface area contributed by atoms with Gasteiger partial charge in [-0.15, -0.1) is 0 Å². The fraction of sp³-hybridized carbons (Fsp3) is 0.147. The minimum atomic E-state index is -0.443. The Morgan fingerprint density at radius 2 is 1.83 bits per heavy atom. The van der Waals surface area contributed by atoms with Gasteiger partial charge in [0.2, 0.25) is 5.71 Å². The van der Waals surface area contributed by atoms with Crippen molar-refractivity contribution >= 4 is 34.0 Å². The Kier molecular flexibility index (Phi) is 8.15. The number of aldehydes is 1. The molecule has 0 saturated carbocycles. The topological polar surface area (TPSA) is 86.4 Å². The first-order chi connectivity index (χ1) is 20.4. The molecule has 0 radical (unpaired) electrons. The molecule has 212 valence electrons. The summed E-state index contributed by atoms with van der Waals surface area (Å²) in [6.07, 6.45) is 4.75. The Balaban J connectivity index is 0.000000181. The van der Waals surface area contributed by atoms with Crippen molar-refractivity contribution in [2.75, 3.05) is 12.4 Å². The number of hydrogen-bond donors (Lipinski definition) is 1. The van der Waals surface area contributed by atoms with E-state index in [1.165, 1.54) is 6.07 Å². The van der Waals surface area contributed by atoms with E-state index in [9.17, 15) is 14.0 Å². The number of nitrogens with zero attached hydrogens (tertiary/aromatic N) is 2. The van der Waals surface area contributed by atoms with Gasteiger partial charge in [0.05, 0.1) is 16.5 Å². The Bertz CT molecular complexity index is 1960. The highest BCUT2D eigenvalue weighted by molar-refractivity contribution is 5.96. The average Bonchev–Trinajstić information content (AvgIpc) is 3.47. The minimum Gasteiger partial charge on any atom is -0.453 e. The maximum atomic E-state index is 14.3. The number of carbonyl (C=O) groups excluding carboxylic acids is 1. The number of benzene rings is 3. The van der Waals surface area contributed by atoms with E-state index >= 15 is 0 Å². The summed E-state index contributed by atoms with van der Waals surface area (Å²) in [7, 11) is 3.61. The average molecular weight is 564 g/mol. The predicted molar refractivity (Wildman–Crippen MR) is 164 cm³/mol. The molecule has 3 aromatic carbocycles. The molecule has 0 unspecified atom stereocenters. The lowest BCUT2D eigenvalue weighted by molar-refractivity contribution is 0.112. The van der Waals surface area contributed by atoms with Gasteiger partial charge >= 0.3 is 0 Å². The quantitative estimate of drug-likeness (QED) is 0.209. The van der Waals surface area contributed by atoms with Gasteiger partial charge in [-0.1, -0.05) is 43.3 Å². The summed E-state index contributed by atoms with van der Waals surface area (Å²) in [5.41, 5.74) is 5.74. The van der Waals surface area contributed by atoms with Crippen LogP contribution in [0.2, 0.25) is 0 Å². The van der Waals surface area contributed by atoms with E-state index in [1.807, 2.05) is 67.1 Å². The lowest BCUT2D eigenvalue weighted by Gasteiger charge is -2.12. The van der Waals surface area contributed by atoms with Crippen LogP contribution in [0.1, 0.15) is 28.5 Å². The van der Waals surface area contributed by atoms with Crippen molar-refractivity contribution in [3.05, 3.63) is 118 Å². The van der Waals surface area contributed by atoms with Crippen LogP contribution in [0.25, 0.3) is 33.1 Å². The van der Waals surface area contributed by atoms with E-state index in [4.69, 9.17) is 9.15 Å². The third-order valence-electron chi connectivity index (χ3n) is 7.29. The molecule has 1 N–H and O–H groups in total. The number of rotatable bonds is 6. The van der Waals surface area contributed by atoms with Crippen LogP contribution >= 0.6 is 0 Å². The Hall–Kier alpha value is -5.24. The molecule has 6 aromatic rings. The van der Waals surface area contributed by atoms with Crippen molar-refractivity contribution in [3.63, 3.8) is 0 Å². The molecular formula is C34H30FN3O4. The second kappa shape index (κ2) is 12.1. The van der Waals surface area contributed by atoms with Crippen LogP contribution in [0.4, 0.5) is 10.1 Å². The van der Waals surface area contributed by atoms with E-state index in [-0.39, 0.29) is 16.7 Å². The van der Waals surface area contributed by atoms with Crippen molar-refractivity contribution in [2.24, 2.45) is 7.05 Å². The highest BCUT2D eigenvalue weighted by Crippen LogP contribution is 2.38. The molecule has 0 aliphatic carbocycles. The summed E-state index contributed by atoms with van der Waals surface area (Å²) in [5, 5.41) is 4.23. The molecule has 0 fully saturated rings. The van der Waals surface area contributed by atoms with Gasteiger partial charge in [-0.25, -0.2) is 9.37 Å². The second-order valence-electron chi connectivity index (χ2n) is 9.71. The Morgan fingerprint density at radius 1 is 1.05 bits per heavy atom. The first-order valence-electron chi connectivity index (χ1n) is 13.5. The van der Waals surface area contributed by atoms with Crippen molar-refractivity contribution in [3.8, 4) is 22.6 Å². The molecule has 0 spiro atoms. The number of carbonyl (C=O) groups is 1. The molecule has 0 aliphatic rings. The zero-order valence-corrected chi connectivity index (χ0v) is 23.8. The number of fused-ring (bicyclic) bond motifs is 2. The number of anilines is 1. The molecule has 0 atom stereocenters. The van der Waals surface area contributed by atoms with Crippen molar-refractivity contribution in [1.82, 2.24) is 9.55 Å². The number of nitrogens with one attached hydrogen (secondary N) is 1. The van der Waals surface area contributed by atoms with Gasteiger partial charge < -0.3 is 19.0 Å². The SMILES string of the molecule is CCc1ccc2c(c1)c(=O)c(C=O)c(C)n2C.CNc1ccc(Oc2ccnc3occ(-c4ccccc4)c23)c(F)c1. The molecule has 0 bridgehead atoms. The molecule has 0 amide bonds. The molecule has 3 heterocycles. The van der Waals surface area contributed by atoms with Crippen LogP contribution in [-0.2, 0) is 13.5 Å². The van der Waals surface area contributed by atoms with Crippen molar-refractivity contribution in [2.45, 2.75) is 20.3 Å². The second-order valence-corrected chi connectivity index (χ2v) is 9.71. The molecular weight excluding hydrogens is 533 g/mol. The van der Waals surface area contributed by atoms with Gasteiger partial charge in [0.15, 0.2) is 23.3 Å².